The maximum atomic E-state index is 12.6. The summed E-state index contributed by atoms with van der Waals surface area (Å²) in [6, 6.07) is 21.5. The van der Waals surface area contributed by atoms with Crippen LogP contribution in [0.1, 0.15) is 15.9 Å². The average Bonchev–Trinajstić information content (AvgIpc) is 2.80. The fraction of sp³-hybridized carbons (Fsp3) is 0. The van der Waals surface area contributed by atoms with Crippen molar-refractivity contribution in [2.45, 2.75) is 0 Å². The average molecular weight is 392 g/mol. The fourth-order valence-electron chi connectivity index (χ4n) is 3.00. The van der Waals surface area contributed by atoms with E-state index in [2.05, 4.69) is 20.6 Å². The Kier molecular flexibility index (Phi) is 5.18. The molecular weight excluding hydrogens is 376 g/mol. The van der Waals surface area contributed by atoms with Crippen molar-refractivity contribution < 1.29 is 9.59 Å². The molecule has 0 aliphatic heterocycles. The van der Waals surface area contributed by atoms with E-state index in [0.29, 0.717) is 28.1 Å². The Morgan fingerprint density at radius 1 is 0.833 bits per heavy atom. The van der Waals surface area contributed by atoms with E-state index < -0.39 is 5.91 Å². The Balaban J connectivity index is 1.59. The third kappa shape index (κ3) is 4.01. The van der Waals surface area contributed by atoms with Crippen molar-refractivity contribution >= 4 is 39.8 Å². The van der Waals surface area contributed by atoms with Gasteiger partial charge in [0, 0.05) is 27.9 Å². The van der Waals surface area contributed by atoms with Gasteiger partial charge in [0.05, 0.1) is 5.52 Å². The molecule has 0 radical (unpaired) electrons. The second-order valence-electron chi connectivity index (χ2n) is 6.45. The van der Waals surface area contributed by atoms with Gasteiger partial charge in [0.25, 0.3) is 5.91 Å². The minimum absolute atomic E-state index is 0.0384. The third-order valence-corrected chi connectivity index (χ3v) is 4.47. The maximum absolute atomic E-state index is 12.6. The Bertz CT molecular complexity index is 1280. The number of aromatic nitrogens is 2. The number of rotatable bonds is 5. The summed E-state index contributed by atoms with van der Waals surface area (Å²) >= 11 is 0. The van der Waals surface area contributed by atoms with Crippen LogP contribution in [0.2, 0.25) is 0 Å². The number of carbonyl (C=O) groups is 2. The number of nitrogens with one attached hydrogen (secondary N) is 2. The Hall–Kier alpha value is -4.50. The minimum atomic E-state index is -0.528. The van der Waals surface area contributed by atoms with Crippen molar-refractivity contribution in [1.29, 1.82) is 0 Å². The van der Waals surface area contributed by atoms with E-state index in [1.165, 1.54) is 6.33 Å². The van der Waals surface area contributed by atoms with Gasteiger partial charge in [-0.05, 0) is 48.4 Å². The number of terminal acetylenes is 1. The molecule has 0 aliphatic carbocycles. The molecule has 144 valence electrons. The largest absolute Gasteiger partial charge is 0.340 e. The molecule has 1 amide bonds. The Labute approximate surface area is 173 Å². The summed E-state index contributed by atoms with van der Waals surface area (Å²) in [6.45, 7) is 0. The number of hydrogen-bond donors (Lipinski definition) is 2. The summed E-state index contributed by atoms with van der Waals surface area (Å²) in [5.74, 6) is 2.02. The highest BCUT2D eigenvalue weighted by Crippen LogP contribution is 2.26. The topological polar surface area (TPSA) is 84.0 Å². The van der Waals surface area contributed by atoms with E-state index in [0.717, 1.165) is 11.1 Å². The van der Waals surface area contributed by atoms with E-state index in [-0.39, 0.29) is 5.78 Å². The number of hydrogen-bond acceptors (Lipinski definition) is 5. The lowest BCUT2D eigenvalue weighted by Gasteiger charge is -2.10. The Morgan fingerprint density at radius 2 is 1.53 bits per heavy atom. The lowest BCUT2D eigenvalue weighted by Crippen LogP contribution is -2.08. The van der Waals surface area contributed by atoms with Gasteiger partial charge in [0.15, 0.2) is 5.78 Å². The van der Waals surface area contributed by atoms with Gasteiger partial charge < -0.3 is 10.6 Å². The zero-order valence-electron chi connectivity index (χ0n) is 15.8. The highest BCUT2D eigenvalue weighted by atomic mass is 16.1. The standard InChI is InChI=1S/C24H16N4O2/c1-2-22(29)27-19-12-13-21-20(14-19)24(26-15-25-21)28-18-10-8-17(9-11-18)23(30)16-6-4-3-5-7-16/h1,3-15H,(H,27,29)(H,25,26,28). The number of anilines is 3. The van der Waals surface area contributed by atoms with Gasteiger partial charge in [-0.25, -0.2) is 9.97 Å². The van der Waals surface area contributed by atoms with Crippen LogP contribution in [0.25, 0.3) is 10.9 Å². The summed E-state index contributed by atoms with van der Waals surface area (Å²) in [4.78, 5) is 32.6. The summed E-state index contributed by atoms with van der Waals surface area (Å²) in [5.41, 5.74) is 3.26. The molecule has 4 aromatic rings. The molecule has 1 heterocycles. The molecule has 0 fully saturated rings. The van der Waals surface area contributed by atoms with Crippen molar-refractivity contribution in [3.8, 4) is 12.3 Å². The van der Waals surface area contributed by atoms with Crippen LogP contribution < -0.4 is 10.6 Å². The van der Waals surface area contributed by atoms with Crippen LogP contribution in [0, 0.1) is 12.3 Å². The van der Waals surface area contributed by atoms with Gasteiger partial charge in [-0.2, -0.15) is 0 Å². The highest BCUT2D eigenvalue weighted by molar-refractivity contribution is 6.09. The molecule has 0 unspecified atom stereocenters. The van der Waals surface area contributed by atoms with Gasteiger partial charge in [0.2, 0.25) is 0 Å². The number of carbonyl (C=O) groups excluding carboxylic acids is 2. The SMILES string of the molecule is C#CC(=O)Nc1ccc2ncnc(Nc3ccc(C(=O)c4ccccc4)cc3)c2c1. The number of nitrogens with zero attached hydrogens (tertiary/aromatic N) is 2. The van der Waals surface area contributed by atoms with Crippen molar-refractivity contribution in [3.63, 3.8) is 0 Å². The first-order valence-corrected chi connectivity index (χ1v) is 9.13. The number of ketones is 1. The monoisotopic (exact) mass is 392 g/mol. The van der Waals surface area contributed by atoms with E-state index in [9.17, 15) is 9.59 Å². The minimum Gasteiger partial charge on any atom is -0.340 e. The quantitative estimate of drug-likeness (QED) is 0.393. The van der Waals surface area contributed by atoms with E-state index >= 15 is 0 Å². The van der Waals surface area contributed by atoms with Crippen LogP contribution >= 0.6 is 0 Å². The molecule has 6 heteroatoms. The normalized spacial score (nSPS) is 10.2. The van der Waals surface area contributed by atoms with Crippen LogP contribution in [0.15, 0.2) is 79.1 Å². The van der Waals surface area contributed by atoms with Crippen LogP contribution in [-0.4, -0.2) is 21.7 Å². The van der Waals surface area contributed by atoms with Crippen molar-refractivity contribution in [2.75, 3.05) is 10.6 Å². The van der Waals surface area contributed by atoms with Gasteiger partial charge in [-0.1, -0.05) is 30.3 Å². The molecule has 0 bridgehead atoms. The molecule has 0 saturated carbocycles. The number of amides is 1. The molecule has 0 spiro atoms. The van der Waals surface area contributed by atoms with Gasteiger partial charge in [-0.15, -0.1) is 6.42 Å². The molecule has 0 atom stereocenters. The van der Waals surface area contributed by atoms with Crippen LogP contribution in [0.4, 0.5) is 17.2 Å². The molecule has 4 rings (SSSR count). The molecule has 0 saturated heterocycles. The van der Waals surface area contributed by atoms with E-state index in [1.807, 2.05) is 36.3 Å². The zero-order chi connectivity index (χ0) is 20.9. The first-order valence-electron chi connectivity index (χ1n) is 9.13. The third-order valence-electron chi connectivity index (χ3n) is 4.47. The van der Waals surface area contributed by atoms with Gasteiger partial charge >= 0.3 is 0 Å². The van der Waals surface area contributed by atoms with E-state index in [1.54, 1.807) is 42.5 Å². The highest BCUT2D eigenvalue weighted by Gasteiger charge is 2.10. The molecule has 6 nitrogen and oxygen atoms in total. The lowest BCUT2D eigenvalue weighted by atomic mass is 10.0. The van der Waals surface area contributed by atoms with Gasteiger partial charge in [0.1, 0.15) is 12.1 Å². The second kappa shape index (κ2) is 8.25. The predicted octanol–water partition coefficient (Wildman–Crippen LogP) is 4.18. The van der Waals surface area contributed by atoms with Crippen LogP contribution in [0.3, 0.4) is 0 Å². The zero-order valence-corrected chi connectivity index (χ0v) is 15.8. The summed E-state index contributed by atoms with van der Waals surface area (Å²) in [6.07, 6.45) is 6.57. The Morgan fingerprint density at radius 3 is 2.27 bits per heavy atom. The predicted molar refractivity (Wildman–Crippen MR) is 117 cm³/mol. The number of fused-ring (bicyclic) bond motifs is 1. The van der Waals surface area contributed by atoms with Gasteiger partial charge in [-0.3, -0.25) is 9.59 Å². The first kappa shape index (κ1) is 18.8. The maximum Gasteiger partial charge on any atom is 0.300 e. The summed E-state index contributed by atoms with van der Waals surface area (Å²) in [5, 5.41) is 6.57. The summed E-state index contributed by atoms with van der Waals surface area (Å²) in [7, 11) is 0. The molecular formula is C24H16N4O2. The smallest absolute Gasteiger partial charge is 0.300 e. The van der Waals surface area contributed by atoms with Crippen LogP contribution in [0.5, 0.6) is 0 Å². The molecule has 1 aromatic heterocycles. The van der Waals surface area contributed by atoms with Crippen molar-refractivity contribution in [1.82, 2.24) is 9.97 Å². The summed E-state index contributed by atoms with van der Waals surface area (Å²) < 4.78 is 0. The lowest BCUT2D eigenvalue weighted by molar-refractivity contribution is -0.111. The first-order chi connectivity index (χ1) is 14.6. The molecule has 2 N–H and O–H groups in total. The second-order valence-corrected chi connectivity index (χ2v) is 6.45. The number of benzene rings is 3. The van der Waals surface area contributed by atoms with Crippen molar-refractivity contribution in [3.05, 3.63) is 90.3 Å². The molecule has 0 aliphatic rings. The fourth-order valence-corrected chi connectivity index (χ4v) is 3.00. The molecule has 30 heavy (non-hydrogen) atoms. The van der Waals surface area contributed by atoms with Crippen molar-refractivity contribution in [2.24, 2.45) is 0 Å². The van der Waals surface area contributed by atoms with E-state index in [4.69, 9.17) is 6.42 Å². The molecule has 3 aromatic carbocycles. The van der Waals surface area contributed by atoms with Crippen LogP contribution in [-0.2, 0) is 4.79 Å².